The third-order valence-electron chi connectivity index (χ3n) is 3.29. The summed E-state index contributed by atoms with van der Waals surface area (Å²) in [6.07, 6.45) is 2.28. The van der Waals surface area contributed by atoms with Crippen LogP contribution in [0.25, 0.3) is 11.1 Å². The first kappa shape index (κ1) is 14.8. The van der Waals surface area contributed by atoms with E-state index in [4.69, 9.17) is 9.84 Å². The number of carboxylic acids is 1. The highest BCUT2D eigenvalue weighted by molar-refractivity contribution is 5.71. The molecule has 0 saturated heterocycles. The molecule has 2 aromatic rings. The molecule has 0 aliphatic rings. The maximum atomic E-state index is 11.5. The Bertz CT molecular complexity index is 718. The first-order valence-electron chi connectivity index (χ1n) is 6.57. The lowest BCUT2D eigenvalue weighted by Gasteiger charge is -2.11. The van der Waals surface area contributed by atoms with E-state index in [9.17, 15) is 9.59 Å². The van der Waals surface area contributed by atoms with Crippen LogP contribution < -0.4 is 10.3 Å². The lowest BCUT2D eigenvalue weighted by molar-refractivity contribution is -0.136. The summed E-state index contributed by atoms with van der Waals surface area (Å²) in [5.41, 5.74) is 2.53. The molecule has 0 fully saturated rings. The normalized spacial score (nSPS) is 10.4. The van der Waals surface area contributed by atoms with E-state index in [0.29, 0.717) is 12.2 Å². The first-order valence-corrected chi connectivity index (χ1v) is 6.57. The predicted molar refractivity (Wildman–Crippen MR) is 79.6 cm³/mol. The molecule has 1 N–H and O–H groups in total. The maximum absolute atomic E-state index is 11.5. The summed E-state index contributed by atoms with van der Waals surface area (Å²) >= 11 is 0. The molecule has 0 spiro atoms. The average Bonchev–Trinajstić information content (AvgIpc) is 2.47. The number of aliphatic carboxylic acids is 1. The van der Waals surface area contributed by atoms with E-state index >= 15 is 0 Å². The second kappa shape index (κ2) is 6.26. The molecule has 0 radical (unpaired) electrons. The van der Waals surface area contributed by atoms with Gasteiger partial charge in [-0.25, -0.2) is 0 Å². The zero-order valence-corrected chi connectivity index (χ0v) is 12.0. The minimum absolute atomic E-state index is 0.0824. The highest BCUT2D eigenvalue weighted by Crippen LogP contribution is 2.30. The van der Waals surface area contributed by atoms with Crippen LogP contribution in [0.1, 0.15) is 12.0 Å². The molecule has 5 heteroatoms. The number of aryl methyl sites for hydroxylation is 2. The summed E-state index contributed by atoms with van der Waals surface area (Å²) in [5.74, 6) is -0.137. The number of carbonyl (C=O) groups is 1. The molecular weight excluding hydrogens is 270 g/mol. The van der Waals surface area contributed by atoms with E-state index in [1.165, 1.54) is 10.6 Å². The summed E-state index contributed by atoms with van der Waals surface area (Å²) in [6, 6.07) is 8.81. The third-order valence-corrected chi connectivity index (χ3v) is 3.29. The second-order valence-corrected chi connectivity index (χ2v) is 4.80. The number of aromatic nitrogens is 1. The van der Waals surface area contributed by atoms with Crippen molar-refractivity contribution in [2.75, 3.05) is 7.11 Å². The fraction of sp³-hybridized carbons (Fsp3) is 0.250. The number of methoxy groups -OCH3 is 1. The standard InChI is InChI=1S/C16H17NO4/c1-17-10-12(5-7-15(17)18)13-9-11(4-8-16(19)20)3-6-14(13)21-2/h3,5-7,9-10H,4,8H2,1-2H3,(H,19,20). The van der Waals surface area contributed by atoms with Crippen LogP contribution in [0.2, 0.25) is 0 Å². The molecule has 2 rings (SSSR count). The molecule has 1 aromatic heterocycles. The largest absolute Gasteiger partial charge is 0.496 e. The van der Waals surface area contributed by atoms with Gasteiger partial charge in [-0.15, -0.1) is 0 Å². The van der Waals surface area contributed by atoms with E-state index in [-0.39, 0.29) is 12.0 Å². The Labute approximate surface area is 122 Å². The van der Waals surface area contributed by atoms with E-state index in [1.54, 1.807) is 26.4 Å². The summed E-state index contributed by atoms with van der Waals surface area (Å²) < 4.78 is 6.85. The quantitative estimate of drug-likeness (QED) is 0.914. The van der Waals surface area contributed by atoms with Gasteiger partial charge in [0.15, 0.2) is 0 Å². The van der Waals surface area contributed by atoms with Gasteiger partial charge in [0.05, 0.1) is 7.11 Å². The Balaban J connectivity index is 2.43. The lowest BCUT2D eigenvalue weighted by Crippen LogP contribution is -2.14. The van der Waals surface area contributed by atoms with Crippen LogP contribution in [0.3, 0.4) is 0 Å². The van der Waals surface area contributed by atoms with E-state index in [0.717, 1.165) is 16.7 Å². The maximum Gasteiger partial charge on any atom is 0.303 e. The summed E-state index contributed by atoms with van der Waals surface area (Å²) in [5, 5.41) is 8.77. The molecule has 0 bridgehead atoms. The first-order chi connectivity index (χ1) is 10.0. The van der Waals surface area contributed by atoms with Crippen LogP contribution in [0, 0.1) is 0 Å². The summed E-state index contributed by atoms with van der Waals surface area (Å²) in [7, 11) is 3.27. The summed E-state index contributed by atoms with van der Waals surface area (Å²) in [4.78, 5) is 22.1. The minimum Gasteiger partial charge on any atom is -0.496 e. The van der Waals surface area contributed by atoms with Gasteiger partial charge < -0.3 is 14.4 Å². The fourth-order valence-electron chi connectivity index (χ4n) is 2.14. The van der Waals surface area contributed by atoms with Gasteiger partial charge in [0.2, 0.25) is 5.56 Å². The fourth-order valence-corrected chi connectivity index (χ4v) is 2.14. The van der Waals surface area contributed by atoms with Crippen molar-refractivity contribution < 1.29 is 14.6 Å². The molecular formula is C16H17NO4. The van der Waals surface area contributed by atoms with Crippen LogP contribution in [0.4, 0.5) is 0 Å². The van der Waals surface area contributed by atoms with Crippen molar-refractivity contribution in [3.8, 4) is 16.9 Å². The van der Waals surface area contributed by atoms with Gasteiger partial charge in [-0.05, 0) is 30.2 Å². The van der Waals surface area contributed by atoms with Gasteiger partial charge in [0, 0.05) is 36.9 Å². The lowest BCUT2D eigenvalue weighted by atomic mass is 10.0. The zero-order chi connectivity index (χ0) is 15.4. The van der Waals surface area contributed by atoms with E-state index in [2.05, 4.69) is 0 Å². The molecule has 0 saturated carbocycles. The van der Waals surface area contributed by atoms with Gasteiger partial charge in [-0.1, -0.05) is 6.07 Å². The average molecular weight is 287 g/mol. The SMILES string of the molecule is COc1ccc(CCC(=O)O)cc1-c1ccc(=O)n(C)c1. The smallest absolute Gasteiger partial charge is 0.303 e. The number of benzene rings is 1. The molecule has 0 aliphatic heterocycles. The number of ether oxygens (including phenoxy) is 1. The van der Waals surface area contributed by atoms with Crippen molar-refractivity contribution in [2.45, 2.75) is 12.8 Å². The Kier molecular flexibility index (Phi) is 4.42. The number of carboxylic acid groups (broad SMARTS) is 1. The van der Waals surface area contributed by atoms with Gasteiger partial charge in [-0.3, -0.25) is 9.59 Å². The molecule has 0 amide bonds. The number of nitrogens with zero attached hydrogens (tertiary/aromatic N) is 1. The van der Waals surface area contributed by atoms with Crippen LogP contribution in [0.5, 0.6) is 5.75 Å². The Morgan fingerprint density at radius 3 is 2.67 bits per heavy atom. The van der Waals surface area contributed by atoms with Gasteiger partial charge in [0.1, 0.15) is 5.75 Å². The van der Waals surface area contributed by atoms with Crippen molar-refractivity contribution in [3.05, 3.63) is 52.4 Å². The molecule has 110 valence electrons. The van der Waals surface area contributed by atoms with Crippen molar-refractivity contribution in [1.82, 2.24) is 4.57 Å². The van der Waals surface area contributed by atoms with Crippen LogP contribution in [-0.2, 0) is 18.3 Å². The Morgan fingerprint density at radius 1 is 1.29 bits per heavy atom. The minimum atomic E-state index is -0.825. The molecule has 5 nitrogen and oxygen atoms in total. The highest BCUT2D eigenvalue weighted by atomic mass is 16.5. The molecule has 0 unspecified atom stereocenters. The van der Waals surface area contributed by atoms with Crippen molar-refractivity contribution in [3.63, 3.8) is 0 Å². The van der Waals surface area contributed by atoms with Crippen molar-refractivity contribution in [1.29, 1.82) is 0 Å². The number of rotatable bonds is 5. The Morgan fingerprint density at radius 2 is 2.05 bits per heavy atom. The monoisotopic (exact) mass is 287 g/mol. The third kappa shape index (κ3) is 3.51. The Hall–Kier alpha value is -2.56. The molecule has 1 aromatic carbocycles. The predicted octanol–water partition coefficient (Wildman–Crippen LogP) is 2.08. The van der Waals surface area contributed by atoms with E-state index in [1.807, 2.05) is 18.2 Å². The van der Waals surface area contributed by atoms with Crippen LogP contribution >= 0.6 is 0 Å². The molecule has 0 atom stereocenters. The van der Waals surface area contributed by atoms with Gasteiger partial charge in [0.25, 0.3) is 0 Å². The zero-order valence-electron chi connectivity index (χ0n) is 12.0. The van der Waals surface area contributed by atoms with E-state index < -0.39 is 5.97 Å². The molecule has 21 heavy (non-hydrogen) atoms. The molecule has 0 aliphatic carbocycles. The number of hydrogen-bond donors (Lipinski definition) is 1. The van der Waals surface area contributed by atoms with Gasteiger partial charge >= 0.3 is 5.97 Å². The second-order valence-electron chi connectivity index (χ2n) is 4.80. The van der Waals surface area contributed by atoms with Crippen LogP contribution in [0.15, 0.2) is 41.3 Å². The van der Waals surface area contributed by atoms with Crippen molar-refractivity contribution >= 4 is 5.97 Å². The van der Waals surface area contributed by atoms with Crippen LogP contribution in [-0.4, -0.2) is 22.8 Å². The summed E-state index contributed by atoms with van der Waals surface area (Å²) in [6.45, 7) is 0. The number of hydrogen-bond acceptors (Lipinski definition) is 3. The topological polar surface area (TPSA) is 68.5 Å². The highest BCUT2D eigenvalue weighted by Gasteiger charge is 2.09. The number of pyridine rings is 1. The molecule has 1 heterocycles. The van der Waals surface area contributed by atoms with Crippen molar-refractivity contribution in [2.24, 2.45) is 7.05 Å². The van der Waals surface area contributed by atoms with Gasteiger partial charge in [-0.2, -0.15) is 0 Å².